The van der Waals surface area contributed by atoms with Crippen molar-refractivity contribution in [1.82, 2.24) is 5.32 Å². The summed E-state index contributed by atoms with van der Waals surface area (Å²) in [5.41, 5.74) is 2.57. The molecule has 18 heavy (non-hydrogen) atoms. The Bertz CT molecular complexity index is 428. The molecule has 0 aromatic heterocycles. The molecule has 0 unspecified atom stereocenters. The molecule has 1 aromatic carbocycles. The van der Waals surface area contributed by atoms with Crippen molar-refractivity contribution in [2.75, 3.05) is 27.3 Å². The number of ether oxygens (including phenoxy) is 2. The summed E-state index contributed by atoms with van der Waals surface area (Å²) in [5, 5.41) is 3.40. The van der Waals surface area contributed by atoms with Crippen molar-refractivity contribution in [2.24, 2.45) is 0 Å². The van der Waals surface area contributed by atoms with E-state index in [1.165, 1.54) is 11.1 Å². The molecule has 1 N–H and O–H groups in total. The Hall–Kier alpha value is -0.740. The fourth-order valence-corrected chi connectivity index (χ4v) is 3.44. The zero-order chi connectivity index (χ0) is 13.1. The van der Waals surface area contributed by atoms with Crippen LogP contribution < -0.4 is 14.8 Å². The van der Waals surface area contributed by atoms with E-state index in [0.29, 0.717) is 5.92 Å². The van der Waals surface area contributed by atoms with Gasteiger partial charge in [-0.1, -0.05) is 0 Å². The van der Waals surface area contributed by atoms with Crippen molar-refractivity contribution in [1.29, 1.82) is 0 Å². The minimum absolute atomic E-state index is 0.559. The normalized spacial score (nSPS) is 16.7. The lowest BCUT2D eigenvalue weighted by atomic mass is 9.86. The molecule has 0 atom stereocenters. The first kappa shape index (κ1) is 13.7. The SMILES string of the molecule is COc1c(Br)cc(C)c(C2CCNCC2)c1OC. The molecule has 2 rings (SSSR count). The maximum absolute atomic E-state index is 5.61. The summed E-state index contributed by atoms with van der Waals surface area (Å²) in [4.78, 5) is 0. The smallest absolute Gasteiger partial charge is 0.175 e. The van der Waals surface area contributed by atoms with E-state index in [0.717, 1.165) is 41.9 Å². The van der Waals surface area contributed by atoms with Gasteiger partial charge >= 0.3 is 0 Å². The van der Waals surface area contributed by atoms with Gasteiger partial charge in [-0.15, -0.1) is 0 Å². The molecule has 0 spiro atoms. The van der Waals surface area contributed by atoms with Crippen LogP contribution in [0.4, 0.5) is 0 Å². The van der Waals surface area contributed by atoms with E-state index in [1.807, 2.05) is 0 Å². The van der Waals surface area contributed by atoms with Crippen LogP contribution in [-0.4, -0.2) is 27.3 Å². The van der Waals surface area contributed by atoms with Gasteiger partial charge in [0.15, 0.2) is 11.5 Å². The van der Waals surface area contributed by atoms with Crippen molar-refractivity contribution in [3.63, 3.8) is 0 Å². The molecule has 1 saturated heterocycles. The Morgan fingerprint density at radius 1 is 1.17 bits per heavy atom. The van der Waals surface area contributed by atoms with Crippen molar-refractivity contribution in [2.45, 2.75) is 25.7 Å². The number of nitrogens with one attached hydrogen (secondary N) is 1. The number of benzene rings is 1. The fraction of sp³-hybridized carbons (Fsp3) is 0.571. The van der Waals surface area contributed by atoms with Crippen LogP contribution in [0.25, 0.3) is 0 Å². The van der Waals surface area contributed by atoms with Crippen LogP contribution in [-0.2, 0) is 0 Å². The molecule has 1 aliphatic heterocycles. The first-order valence-corrected chi connectivity index (χ1v) is 7.10. The first-order chi connectivity index (χ1) is 8.69. The third kappa shape index (κ3) is 2.50. The fourth-order valence-electron chi connectivity index (χ4n) is 2.75. The lowest BCUT2D eigenvalue weighted by Crippen LogP contribution is -2.27. The molecule has 1 fully saturated rings. The molecule has 0 saturated carbocycles. The third-order valence-electron chi connectivity index (χ3n) is 3.59. The molecule has 0 aliphatic carbocycles. The largest absolute Gasteiger partial charge is 0.493 e. The highest BCUT2D eigenvalue weighted by molar-refractivity contribution is 9.10. The van der Waals surface area contributed by atoms with E-state index < -0.39 is 0 Å². The van der Waals surface area contributed by atoms with Crippen LogP contribution in [0.1, 0.15) is 29.9 Å². The van der Waals surface area contributed by atoms with Crippen LogP contribution in [0.5, 0.6) is 11.5 Å². The Balaban J connectivity index is 2.49. The maximum Gasteiger partial charge on any atom is 0.175 e. The second-order valence-electron chi connectivity index (χ2n) is 4.68. The average Bonchev–Trinajstić information content (AvgIpc) is 2.38. The molecule has 1 aromatic rings. The quantitative estimate of drug-likeness (QED) is 0.929. The number of methoxy groups -OCH3 is 2. The monoisotopic (exact) mass is 313 g/mol. The number of aryl methyl sites for hydroxylation is 1. The summed E-state index contributed by atoms with van der Waals surface area (Å²) in [6.07, 6.45) is 2.31. The molecular formula is C14H20BrNO2. The molecule has 0 radical (unpaired) electrons. The molecule has 0 bridgehead atoms. The minimum atomic E-state index is 0.559. The maximum atomic E-state index is 5.61. The van der Waals surface area contributed by atoms with Gasteiger partial charge in [-0.05, 0) is 66.3 Å². The summed E-state index contributed by atoms with van der Waals surface area (Å²) in [7, 11) is 3.40. The van der Waals surface area contributed by atoms with Crippen LogP contribution in [0.2, 0.25) is 0 Å². The van der Waals surface area contributed by atoms with E-state index in [4.69, 9.17) is 9.47 Å². The lowest BCUT2D eigenvalue weighted by Gasteiger charge is -2.27. The minimum Gasteiger partial charge on any atom is -0.493 e. The van der Waals surface area contributed by atoms with Gasteiger partial charge in [0.25, 0.3) is 0 Å². The highest BCUT2D eigenvalue weighted by Gasteiger charge is 2.24. The Labute approximate surface area is 117 Å². The average molecular weight is 314 g/mol. The predicted molar refractivity (Wildman–Crippen MR) is 76.8 cm³/mol. The van der Waals surface area contributed by atoms with E-state index >= 15 is 0 Å². The number of rotatable bonds is 3. The summed E-state index contributed by atoms with van der Waals surface area (Å²) < 4.78 is 12.0. The first-order valence-electron chi connectivity index (χ1n) is 6.30. The molecule has 4 heteroatoms. The van der Waals surface area contributed by atoms with E-state index in [9.17, 15) is 0 Å². The standard InChI is InChI=1S/C14H20BrNO2/c1-9-8-11(15)13(17-2)14(18-3)12(9)10-4-6-16-7-5-10/h8,10,16H,4-7H2,1-3H3. The summed E-state index contributed by atoms with van der Waals surface area (Å²) in [5.74, 6) is 2.25. The number of hydrogen-bond acceptors (Lipinski definition) is 3. The van der Waals surface area contributed by atoms with E-state index in [2.05, 4.69) is 34.2 Å². The Morgan fingerprint density at radius 3 is 2.33 bits per heavy atom. The second kappa shape index (κ2) is 5.93. The van der Waals surface area contributed by atoms with Gasteiger partial charge in [0.2, 0.25) is 0 Å². The molecule has 100 valence electrons. The zero-order valence-electron chi connectivity index (χ0n) is 11.2. The van der Waals surface area contributed by atoms with Crippen LogP contribution in [0.3, 0.4) is 0 Å². The summed E-state index contributed by atoms with van der Waals surface area (Å²) in [6, 6.07) is 2.12. The van der Waals surface area contributed by atoms with Gasteiger partial charge < -0.3 is 14.8 Å². The van der Waals surface area contributed by atoms with Gasteiger partial charge in [0, 0.05) is 5.56 Å². The van der Waals surface area contributed by atoms with Crippen molar-refractivity contribution in [3.8, 4) is 11.5 Å². The Kier molecular flexibility index (Phi) is 4.51. The van der Waals surface area contributed by atoms with E-state index in [1.54, 1.807) is 14.2 Å². The third-order valence-corrected chi connectivity index (χ3v) is 4.18. The van der Waals surface area contributed by atoms with Gasteiger partial charge in [0.1, 0.15) is 0 Å². The topological polar surface area (TPSA) is 30.5 Å². The highest BCUT2D eigenvalue weighted by atomic mass is 79.9. The van der Waals surface area contributed by atoms with Crippen LogP contribution in [0.15, 0.2) is 10.5 Å². The number of halogens is 1. The van der Waals surface area contributed by atoms with Crippen LogP contribution >= 0.6 is 15.9 Å². The lowest BCUT2D eigenvalue weighted by molar-refractivity contribution is 0.342. The number of hydrogen-bond donors (Lipinski definition) is 1. The van der Waals surface area contributed by atoms with Gasteiger partial charge in [-0.2, -0.15) is 0 Å². The predicted octanol–water partition coefficient (Wildman–Crippen LogP) is 3.24. The number of piperidine rings is 1. The van der Waals surface area contributed by atoms with Crippen molar-refractivity contribution < 1.29 is 9.47 Å². The Morgan fingerprint density at radius 2 is 1.78 bits per heavy atom. The summed E-state index contributed by atoms with van der Waals surface area (Å²) >= 11 is 3.54. The second-order valence-corrected chi connectivity index (χ2v) is 5.53. The molecule has 1 heterocycles. The molecule has 1 aliphatic rings. The van der Waals surface area contributed by atoms with Crippen molar-refractivity contribution in [3.05, 3.63) is 21.7 Å². The molecular weight excluding hydrogens is 294 g/mol. The van der Waals surface area contributed by atoms with Gasteiger partial charge in [-0.3, -0.25) is 0 Å². The van der Waals surface area contributed by atoms with E-state index in [-0.39, 0.29) is 0 Å². The summed E-state index contributed by atoms with van der Waals surface area (Å²) in [6.45, 7) is 4.29. The van der Waals surface area contributed by atoms with Crippen molar-refractivity contribution >= 4 is 15.9 Å². The molecule has 0 amide bonds. The van der Waals surface area contributed by atoms with Gasteiger partial charge in [0.05, 0.1) is 18.7 Å². The van der Waals surface area contributed by atoms with Gasteiger partial charge in [-0.25, -0.2) is 0 Å². The van der Waals surface area contributed by atoms with Crippen LogP contribution in [0, 0.1) is 6.92 Å². The zero-order valence-corrected chi connectivity index (χ0v) is 12.8. The highest BCUT2D eigenvalue weighted by Crippen LogP contribution is 2.45. The molecule has 3 nitrogen and oxygen atoms in total.